The first kappa shape index (κ1) is 15.1. The van der Waals surface area contributed by atoms with Crippen molar-refractivity contribution in [3.8, 4) is 0 Å². The minimum Gasteiger partial charge on any atom is -0.469 e. The second kappa shape index (κ2) is 6.55. The highest BCUT2D eigenvalue weighted by atomic mass is 16.3. The zero-order valence-corrected chi connectivity index (χ0v) is 13.1. The van der Waals surface area contributed by atoms with Gasteiger partial charge in [0.25, 0.3) is 0 Å². The molecule has 0 bridgehead atoms. The number of hydrogen-bond donors (Lipinski definition) is 1. The zero-order valence-electron chi connectivity index (χ0n) is 13.1. The van der Waals surface area contributed by atoms with Gasteiger partial charge in [0.05, 0.1) is 6.26 Å². The van der Waals surface area contributed by atoms with Gasteiger partial charge in [0.2, 0.25) is 11.8 Å². The number of furan rings is 1. The summed E-state index contributed by atoms with van der Waals surface area (Å²) in [5, 5.41) is 3.05. The first-order valence-electron chi connectivity index (χ1n) is 8.30. The summed E-state index contributed by atoms with van der Waals surface area (Å²) in [6, 6.07) is 3.93. The Labute approximate surface area is 131 Å². The molecule has 2 heterocycles. The van der Waals surface area contributed by atoms with Crippen molar-refractivity contribution in [2.24, 2.45) is 5.92 Å². The first-order chi connectivity index (χ1) is 10.7. The van der Waals surface area contributed by atoms with Crippen LogP contribution in [0.3, 0.4) is 0 Å². The monoisotopic (exact) mass is 304 g/mol. The largest absolute Gasteiger partial charge is 0.469 e. The molecule has 1 aliphatic heterocycles. The van der Waals surface area contributed by atoms with E-state index in [4.69, 9.17) is 4.42 Å². The van der Waals surface area contributed by atoms with Crippen LogP contribution in [-0.4, -0.2) is 35.8 Å². The van der Waals surface area contributed by atoms with E-state index in [-0.39, 0.29) is 29.7 Å². The molecule has 3 unspecified atom stereocenters. The van der Waals surface area contributed by atoms with Crippen LogP contribution in [0, 0.1) is 5.92 Å². The van der Waals surface area contributed by atoms with Gasteiger partial charge < -0.3 is 14.6 Å². The van der Waals surface area contributed by atoms with E-state index < -0.39 is 0 Å². The Hall–Kier alpha value is -1.78. The lowest BCUT2D eigenvalue weighted by molar-refractivity contribution is -0.135. The highest BCUT2D eigenvalue weighted by Gasteiger charge is 2.48. The molecular weight excluding hydrogens is 280 g/mol. The summed E-state index contributed by atoms with van der Waals surface area (Å²) < 4.78 is 5.40. The van der Waals surface area contributed by atoms with Gasteiger partial charge in [-0.2, -0.15) is 0 Å². The topological polar surface area (TPSA) is 62.6 Å². The minimum atomic E-state index is 0.0660. The summed E-state index contributed by atoms with van der Waals surface area (Å²) >= 11 is 0. The summed E-state index contributed by atoms with van der Waals surface area (Å²) in [4.78, 5) is 26.2. The number of nitrogens with one attached hydrogen (secondary N) is 1. The fourth-order valence-corrected chi connectivity index (χ4v) is 3.34. The third-order valence-corrected chi connectivity index (χ3v) is 4.59. The van der Waals surface area contributed by atoms with Crippen molar-refractivity contribution in [1.82, 2.24) is 10.2 Å². The van der Waals surface area contributed by atoms with Gasteiger partial charge >= 0.3 is 0 Å². The van der Waals surface area contributed by atoms with Crippen LogP contribution < -0.4 is 5.32 Å². The first-order valence-corrected chi connectivity index (χ1v) is 8.30. The second-order valence-corrected chi connectivity index (χ2v) is 6.41. The lowest BCUT2D eigenvalue weighted by Gasteiger charge is -2.33. The summed E-state index contributed by atoms with van der Waals surface area (Å²) in [6.07, 6.45) is 5.89. The Morgan fingerprint density at radius 3 is 3.05 bits per heavy atom. The molecule has 1 saturated heterocycles. The van der Waals surface area contributed by atoms with E-state index in [0.29, 0.717) is 13.0 Å². The maximum Gasteiger partial charge on any atom is 0.226 e. The molecule has 120 valence electrons. The average Bonchev–Trinajstić information content (AvgIpc) is 3.12. The molecule has 2 amide bonds. The lowest BCUT2D eigenvalue weighted by atomic mass is 10.0. The molecule has 1 aromatic rings. The Morgan fingerprint density at radius 2 is 2.32 bits per heavy atom. The van der Waals surface area contributed by atoms with E-state index >= 15 is 0 Å². The number of carbonyl (C=O) groups excluding carboxylic acids is 2. The Morgan fingerprint density at radius 1 is 1.45 bits per heavy atom. The molecular formula is C17H24N2O3. The quantitative estimate of drug-likeness (QED) is 0.908. The second-order valence-electron chi connectivity index (χ2n) is 6.41. The van der Waals surface area contributed by atoms with Crippen LogP contribution in [0.5, 0.6) is 0 Å². The van der Waals surface area contributed by atoms with Crippen LogP contribution >= 0.6 is 0 Å². The number of hydrogen-bond acceptors (Lipinski definition) is 3. The van der Waals surface area contributed by atoms with Crippen molar-refractivity contribution >= 4 is 11.8 Å². The summed E-state index contributed by atoms with van der Waals surface area (Å²) in [7, 11) is 0. The van der Waals surface area contributed by atoms with Crippen molar-refractivity contribution in [1.29, 1.82) is 0 Å². The van der Waals surface area contributed by atoms with Crippen molar-refractivity contribution in [2.45, 2.75) is 51.0 Å². The van der Waals surface area contributed by atoms with Crippen molar-refractivity contribution in [3.63, 3.8) is 0 Å². The standard InChI is InChI=1S/C17H24N2O3/c1-2-5-16(20)18-12-6-3-8-19(11-12)17(21)14-10-13(14)15-7-4-9-22-15/h4,7,9,12-14H,2-3,5-6,8,10-11H2,1H3,(H,18,20). The SMILES string of the molecule is CCCC(=O)NC1CCCN(C(=O)C2CC2c2ccco2)C1. The van der Waals surface area contributed by atoms with Gasteiger partial charge in [0.15, 0.2) is 0 Å². The smallest absolute Gasteiger partial charge is 0.226 e. The van der Waals surface area contributed by atoms with Crippen molar-refractivity contribution in [3.05, 3.63) is 24.2 Å². The van der Waals surface area contributed by atoms with E-state index in [1.54, 1.807) is 6.26 Å². The molecule has 5 heteroatoms. The summed E-state index contributed by atoms with van der Waals surface area (Å²) in [5.41, 5.74) is 0. The van der Waals surface area contributed by atoms with E-state index in [1.807, 2.05) is 24.0 Å². The van der Waals surface area contributed by atoms with Crippen LogP contribution in [0.25, 0.3) is 0 Å². The molecule has 2 aliphatic rings. The molecule has 0 radical (unpaired) electrons. The zero-order chi connectivity index (χ0) is 15.5. The third kappa shape index (κ3) is 3.34. The van der Waals surface area contributed by atoms with Gasteiger partial charge in [-0.1, -0.05) is 6.92 Å². The Bertz CT molecular complexity index is 526. The van der Waals surface area contributed by atoms with Crippen LogP contribution in [0.2, 0.25) is 0 Å². The molecule has 22 heavy (non-hydrogen) atoms. The van der Waals surface area contributed by atoms with Crippen LogP contribution in [0.4, 0.5) is 0 Å². The minimum absolute atomic E-state index is 0.0660. The maximum atomic E-state index is 12.6. The molecule has 0 aromatic carbocycles. The molecule has 3 rings (SSSR count). The molecule has 1 aromatic heterocycles. The molecule has 1 N–H and O–H groups in total. The number of piperidine rings is 1. The predicted octanol–water partition coefficient (Wildman–Crippen LogP) is 2.29. The van der Waals surface area contributed by atoms with Crippen LogP contribution in [0.1, 0.15) is 50.7 Å². The fraction of sp³-hybridized carbons (Fsp3) is 0.647. The van der Waals surface area contributed by atoms with E-state index in [0.717, 1.165) is 38.0 Å². The average molecular weight is 304 g/mol. The van der Waals surface area contributed by atoms with Crippen LogP contribution in [0.15, 0.2) is 22.8 Å². The van der Waals surface area contributed by atoms with Crippen LogP contribution in [-0.2, 0) is 9.59 Å². The Balaban J connectivity index is 1.52. The van der Waals surface area contributed by atoms with Crippen molar-refractivity contribution < 1.29 is 14.0 Å². The molecule has 0 spiro atoms. The normalized spacial score (nSPS) is 27.5. The number of likely N-dealkylation sites (tertiary alicyclic amines) is 1. The van der Waals surface area contributed by atoms with Gasteiger partial charge in [-0.25, -0.2) is 0 Å². The number of nitrogens with zero attached hydrogens (tertiary/aromatic N) is 1. The fourth-order valence-electron chi connectivity index (χ4n) is 3.34. The lowest BCUT2D eigenvalue weighted by Crippen LogP contribution is -2.50. The molecule has 5 nitrogen and oxygen atoms in total. The van der Waals surface area contributed by atoms with Gasteiger partial charge in [-0.05, 0) is 37.8 Å². The highest BCUT2D eigenvalue weighted by Crippen LogP contribution is 2.48. The van der Waals surface area contributed by atoms with Gasteiger partial charge in [-0.15, -0.1) is 0 Å². The molecule has 1 saturated carbocycles. The summed E-state index contributed by atoms with van der Waals surface area (Å²) in [5.74, 6) is 1.55. The van der Waals surface area contributed by atoms with E-state index in [9.17, 15) is 9.59 Å². The number of rotatable bonds is 5. The van der Waals surface area contributed by atoms with E-state index in [2.05, 4.69) is 5.32 Å². The number of carbonyl (C=O) groups is 2. The highest BCUT2D eigenvalue weighted by molar-refractivity contribution is 5.83. The van der Waals surface area contributed by atoms with Gasteiger partial charge in [0.1, 0.15) is 5.76 Å². The van der Waals surface area contributed by atoms with E-state index in [1.165, 1.54) is 0 Å². The van der Waals surface area contributed by atoms with Gasteiger partial charge in [-0.3, -0.25) is 9.59 Å². The Kier molecular flexibility index (Phi) is 4.50. The number of amides is 2. The third-order valence-electron chi connectivity index (χ3n) is 4.59. The molecule has 3 atom stereocenters. The molecule has 2 fully saturated rings. The predicted molar refractivity (Wildman–Crippen MR) is 82.2 cm³/mol. The summed E-state index contributed by atoms with van der Waals surface area (Å²) in [6.45, 7) is 3.45. The van der Waals surface area contributed by atoms with Crippen molar-refractivity contribution in [2.75, 3.05) is 13.1 Å². The van der Waals surface area contributed by atoms with Gasteiger partial charge in [0, 0.05) is 37.4 Å². The molecule has 1 aliphatic carbocycles. The maximum absolute atomic E-state index is 12.6.